The molecule has 0 atom stereocenters. The summed E-state index contributed by atoms with van der Waals surface area (Å²) in [5.74, 6) is 1.92. The monoisotopic (exact) mass is 244 g/mol. The second kappa shape index (κ2) is 5.56. The third-order valence-electron chi connectivity index (χ3n) is 1.94. The second-order valence-electron chi connectivity index (χ2n) is 3.91. The molecule has 0 fully saturated rings. The maximum absolute atomic E-state index is 10.8. The molecule has 0 aliphatic rings. The lowest BCUT2D eigenvalue weighted by atomic mass is 10.3. The summed E-state index contributed by atoms with van der Waals surface area (Å²) in [6.45, 7) is 6.37. The molecular formula is C11H16O2S2. The Morgan fingerprint density at radius 2 is 2.27 bits per heavy atom. The highest BCUT2D eigenvalue weighted by Crippen LogP contribution is 2.26. The quantitative estimate of drug-likeness (QED) is 0.859. The summed E-state index contributed by atoms with van der Waals surface area (Å²) in [7, 11) is 0. The van der Waals surface area contributed by atoms with E-state index in [-0.39, 0.29) is 0 Å². The Morgan fingerprint density at radius 1 is 1.60 bits per heavy atom. The summed E-state index contributed by atoms with van der Waals surface area (Å²) in [5.41, 5.74) is 1.17. The van der Waals surface area contributed by atoms with Crippen LogP contribution in [0.25, 0.3) is 0 Å². The van der Waals surface area contributed by atoms with Crippen LogP contribution in [0.4, 0.5) is 0 Å². The van der Waals surface area contributed by atoms with Gasteiger partial charge in [0, 0.05) is 10.6 Å². The molecule has 1 aromatic rings. The van der Waals surface area contributed by atoms with Gasteiger partial charge in [0.15, 0.2) is 0 Å². The number of carbonyl (C=O) groups is 1. The molecule has 0 amide bonds. The molecule has 1 aromatic heterocycles. The number of thioether (sulfide) groups is 1. The molecule has 15 heavy (non-hydrogen) atoms. The molecule has 0 aliphatic carbocycles. The van der Waals surface area contributed by atoms with Crippen LogP contribution in [0.5, 0.6) is 0 Å². The summed E-state index contributed by atoms with van der Waals surface area (Å²) in [6, 6.07) is 1.80. The molecule has 84 valence electrons. The SMILES string of the molecule is Cc1sc(C(=O)O)cc1CSCC(C)C. The number of thiophene rings is 1. The van der Waals surface area contributed by atoms with Crippen molar-refractivity contribution in [3.63, 3.8) is 0 Å². The van der Waals surface area contributed by atoms with Crippen LogP contribution < -0.4 is 0 Å². The molecule has 4 heteroatoms. The molecule has 1 heterocycles. The van der Waals surface area contributed by atoms with Gasteiger partial charge in [0.25, 0.3) is 0 Å². The van der Waals surface area contributed by atoms with Crippen LogP contribution in [0, 0.1) is 12.8 Å². The van der Waals surface area contributed by atoms with Crippen molar-refractivity contribution < 1.29 is 9.90 Å². The summed E-state index contributed by atoms with van der Waals surface area (Å²) in [4.78, 5) is 12.3. The van der Waals surface area contributed by atoms with E-state index in [9.17, 15) is 4.79 Å². The van der Waals surface area contributed by atoms with Gasteiger partial charge < -0.3 is 5.11 Å². The molecule has 0 saturated heterocycles. The average Bonchev–Trinajstić information content (AvgIpc) is 2.47. The molecular weight excluding hydrogens is 228 g/mol. The Labute approximate surface area is 98.7 Å². The highest BCUT2D eigenvalue weighted by molar-refractivity contribution is 7.98. The van der Waals surface area contributed by atoms with E-state index in [4.69, 9.17) is 5.11 Å². The molecule has 0 bridgehead atoms. The van der Waals surface area contributed by atoms with Crippen LogP contribution in [0.3, 0.4) is 0 Å². The number of hydrogen-bond donors (Lipinski definition) is 1. The standard InChI is InChI=1S/C11H16O2S2/c1-7(2)5-14-6-9-4-10(11(12)13)15-8(9)3/h4,7H,5-6H2,1-3H3,(H,12,13). The molecule has 0 unspecified atom stereocenters. The highest BCUT2D eigenvalue weighted by Gasteiger charge is 2.10. The van der Waals surface area contributed by atoms with E-state index in [0.717, 1.165) is 16.4 Å². The number of rotatable bonds is 5. The molecule has 0 spiro atoms. The van der Waals surface area contributed by atoms with Crippen molar-refractivity contribution in [2.45, 2.75) is 26.5 Å². The summed E-state index contributed by atoms with van der Waals surface area (Å²) < 4.78 is 0. The predicted molar refractivity (Wildman–Crippen MR) is 67.0 cm³/mol. The van der Waals surface area contributed by atoms with E-state index < -0.39 is 5.97 Å². The van der Waals surface area contributed by atoms with Crippen molar-refractivity contribution in [1.82, 2.24) is 0 Å². The van der Waals surface area contributed by atoms with Crippen LogP contribution in [-0.4, -0.2) is 16.8 Å². The van der Waals surface area contributed by atoms with Crippen molar-refractivity contribution >= 4 is 29.1 Å². The van der Waals surface area contributed by atoms with Gasteiger partial charge in [0.2, 0.25) is 0 Å². The van der Waals surface area contributed by atoms with Crippen LogP contribution in [-0.2, 0) is 5.75 Å². The first-order chi connectivity index (χ1) is 7.00. The van der Waals surface area contributed by atoms with Gasteiger partial charge in [-0.05, 0) is 30.2 Å². The maximum Gasteiger partial charge on any atom is 0.345 e. The minimum absolute atomic E-state index is 0.452. The van der Waals surface area contributed by atoms with E-state index in [1.807, 2.05) is 18.7 Å². The van der Waals surface area contributed by atoms with Gasteiger partial charge in [0.1, 0.15) is 4.88 Å². The number of aromatic carboxylic acids is 1. The zero-order chi connectivity index (χ0) is 11.4. The van der Waals surface area contributed by atoms with E-state index in [2.05, 4.69) is 13.8 Å². The second-order valence-corrected chi connectivity index (χ2v) is 6.19. The van der Waals surface area contributed by atoms with Gasteiger partial charge in [-0.3, -0.25) is 0 Å². The first-order valence-corrected chi connectivity index (χ1v) is 6.88. The Kier molecular flexibility index (Phi) is 4.67. The molecule has 0 radical (unpaired) electrons. The van der Waals surface area contributed by atoms with Crippen molar-refractivity contribution in [2.75, 3.05) is 5.75 Å². The van der Waals surface area contributed by atoms with Crippen molar-refractivity contribution in [2.24, 2.45) is 5.92 Å². The minimum atomic E-state index is -0.816. The largest absolute Gasteiger partial charge is 0.477 e. The van der Waals surface area contributed by atoms with Crippen LogP contribution in [0.2, 0.25) is 0 Å². The van der Waals surface area contributed by atoms with Crippen molar-refractivity contribution in [3.05, 3.63) is 21.4 Å². The van der Waals surface area contributed by atoms with Crippen LogP contribution in [0.15, 0.2) is 6.07 Å². The van der Waals surface area contributed by atoms with Gasteiger partial charge in [0.05, 0.1) is 0 Å². The number of hydrogen-bond acceptors (Lipinski definition) is 3. The zero-order valence-corrected chi connectivity index (χ0v) is 10.9. The maximum atomic E-state index is 10.8. The number of carboxylic acids is 1. The smallest absolute Gasteiger partial charge is 0.345 e. The topological polar surface area (TPSA) is 37.3 Å². The zero-order valence-electron chi connectivity index (χ0n) is 9.24. The molecule has 2 nitrogen and oxygen atoms in total. The molecule has 0 aliphatic heterocycles. The third kappa shape index (κ3) is 3.87. The minimum Gasteiger partial charge on any atom is -0.477 e. The summed E-state index contributed by atoms with van der Waals surface area (Å²) in [5, 5.41) is 8.84. The summed E-state index contributed by atoms with van der Waals surface area (Å²) >= 11 is 3.24. The lowest BCUT2D eigenvalue weighted by Crippen LogP contribution is -1.92. The Hall–Kier alpha value is -0.480. The van der Waals surface area contributed by atoms with E-state index in [1.54, 1.807) is 6.07 Å². The first kappa shape index (κ1) is 12.6. The fourth-order valence-corrected chi connectivity index (χ4v) is 3.25. The average molecular weight is 244 g/mol. The van der Waals surface area contributed by atoms with E-state index >= 15 is 0 Å². The van der Waals surface area contributed by atoms with Gasteiger partial charge >= 0.3 is 5.97 Å². The predicted octanol–water partition coefficient (Wildman–Crippen LogP) is 3.64. The Balaban J connectivity index is 2.57. The van der Waals surface area contributed by atoms with Crippen molar-refractivity contribution in [3.8, 4) is 0 Å². The Morgan fingerprint density at radius 3 is 2.73 bits per heavy atom. The van der Waals surface area contributed by atoms with Crippen LogP contribution >= 0.6 is 23.1 Å². The molecule has 0 saturated carbocycles. The van der Waals surface area contributed by atoms with Gasteiger partial charge in [-0.25, -0.2) is 4.79 Å². The lowest BCUT2D eigenvalue weighted by Gasteiger charge is -2.03. The van der Waals surface area contributed by atoms with E-state index in [1.165, 1.54) is 16.9 Å². The normalized spacial score (nSPS) is 10.9. The van der Waals surface area contributed by atoms with E-state index in [0.29, 0.717) is 10.8 Å². The van der Waals surface area contributed by atoms with Gasteiger partial charge in [-0.2, -0.15) is 11.8 Å². The lowest BCUT2D eigenvalue weighted by molar-refractivity contribution is 0.0702. The molecule has 1 rings (SSSR count). The van der Waals surface area contributed by atoms with Gasteiger partial charge in [-0.15, -0.1) is 11.3 Å². The van der Waals surface area contributed by atoms with Crippen LogP contribution in [0.1, 0.15) is 34.0 Å². The fraction of sp³-hybridized carbons (Fsp3) is 0.545. The number of carboxylic acid groups (broad SMARTS) is 1. The Bertz CT molecular complexity index is 342. The molecule has 0 aromatic carbocycles. The highest BCUT2D eigenvalue weighted by atomic mass is 32.2. The first-order valence-electron chi connectivity index (χ1n) is 4.91. The van der Waals surface area contributed by atoms with Gasteiger partial charge in [-0.1, -0.05) is 13.8 Å². The third-order valence-corrected chi connectivity index (χ3v) is 4.44. The fourth-order valence-electron chi connectivity index (χ4n) is 1.17. The number of aryl methyl sites for hydroxylation is 1. The van der Waals surface area contributed by atoms with Crippen molar-refractivity contribution in [1.29, 1.82) is 0 Å². The molecule has 1 N–H and O–H groups in total. The summed E-state index contributed by atoms with van der Waals surface area (Å²) in [6.07, 6.45) is 0.